The highest BCUT2D eigenvalue weighted by atomic mass is 32.1. The Labute approximate surface area is 196 Å². The van der Waals surface area contributed by atoms with Gasteiger partial charge in [0, 0.05) is 24.4 Å². The van der Waals surface area contributed by atoms with Gasteiger partial charge in [0.05, 0.1) is 6.04 Å². The first-order valence-corrected chi connectivity index (χ1v) is 12.7. The van der Waals surface area contributed by atoms with Crippen molar-refractivity contribution in [1.29, 1.82) is 0 Å². The van der Waals surface area contributed by atoms with Crippen LogP contribution in [0.1, 0.15) is 73.1 Å². The van der Waals surface area contributed by atoms with Gasteiger partial charge in [-0.15, -0.1) is 17.9 Å². The molecular weight excluding hydrogens is 416 g/mol. The summed E-state index contributed by atoms with van der Waals surface area (Å²) in [6.45, 7) is 9.26. The first-order chi connectivity index (χ1) is 15.5. The summed E-state index contributed by atoms with van der Waals surface area (Å²) in [4.78, 5) is 31.3. The zero-order valence-electron chi connectivity index (χ0n) is 19.5. The molecule has 2 heterocycles. The highest BCUT2D eigenvalue weighted by Crippen LogP contribution is 2.38. The number of benzene rings is 1. The molecule has 5 heteroatoms. The monoisotopic (exact) mass is 452 g/mol. The first-order valence-electron chi connectivity index (χ1n) is 11.9. The second kappa shape index (κ2) is 12.0. The molecule has 0 radical (unpaired) electrons. The van der Waals surface area contributed by atoms with Crippen molar-refractivity contribution < 1.29 is 9.59 Å². The summed E-state index contributed by atoms with van der Waals surface area (Å²) in [7, 11) is 0. The van der Waals surface area contributed by atoms with E-state index in [1.54, 1.807) is 22.3 Å². The minimum atomic E-state index is -0.0900. The van der Waals surface area contributed by atoms with E-state index in [9.17, 15) is 9.59 Å². The van der Waals surface area contributed by atoms with E-state index >= 15 is 0 Å². The van der Waals surface area contributed by atoms with Gasteiger partial charge in [-0.2, -0.15) is 0 Å². The van der Waals surface area contributed by atoms with E-state index in [-0.39, 0.29) is 24.4 Å². The molecule has 0 spiro atoms. The van der Waals surface area contributed by atoms with Gasteiger partial charge in [0.1, 0.15) is 6.54 Å². The Hall–Kier alpha value is -2.40. The Morgan fingerprint density at radius 3 is 2.62 bits per heavy atom. The number of carbonyl (C=O) groups excluding carboxylic acids is 2. The summed E-state index contributed by atoms with van der Waals surface area (Å²) in [5.74, 6) is 0.0588. The Balaban J connectivity index is 1.72. The summed E-state index contributed by atoms with van der Waals surface area (Å²) in [5, 5.41) is 2.12. The fourth-order valence-electron chi connectivity index (χ4n) is 4.40. The average Bonchev–Trinajstić information content (AvgIpc) is 3.27. The van der Waals surface area contributed by atoms with Crippen molar-refractivity contribution in [2.24, 2.45) is 0 Å². The van der Waals surface area contributed by atoms with E-state index in [0.29, 0.717) is 19.5 Å². The molecule has 0 bridgehead atoms. The van der Waals surface area contributed by atoms with Crippen molar-refractivity contribution in [3.05, 3.63) is 69.9 Å². The van der Waals surface area contributed by atoms with Crippen LogP contribution >= 0.6 is 11.3 Å². The van der Waals surface area contributed by atoms with Crippen LogP contribution in [0.3, 0.4) is 0 Å². The number of carbonyl (C=O) groups is 2. The maximum atomic E-state index is 13.5. The zero-order chi connectivity index (χ0) is 22.9. The normalized spacial score (nSPS) is 15.3. The van der Waals surface area contributed by atoms with Gasteiger partial charge < -0.3 is 9.80 Å². The summed E-state index contributed by atoms with van der Waals surface area (Å²) in [5.41, 5.74) is 3.55. The first kappa shape index (κ1) is 24.2. The van der Waals surface area contributed by atoms with Gasteiger partial charge in [-0.1, -0.05) is 68.5 Å². The fraction of sp³-hybridized carbons (Fsp3) is 0.481. The molecular formula is C27H36N2O2S. The molecule has 1 aromatic heterocycles. The molecule has 0 saturated carbocycles. The smallest absolute Gasteiger partial charge is 0.243 e. The predicted octanol–water partition coefficient (Wildman–Crippen LogP) is 5.91. The second-order valence-corrected chi connectivity index (χ2v) is 9.68. The second-order valence-electron chi connectivity index (χ2n) is 8.68. The standard InChI is InChI=1S/C27H36N2O2S/c1-4-6-7-8-9-10-25(30)28(17-5-2)20-26(31)29-18-15-24-23(16-19-32-24)27(29)22-13-11-21(3)12-14-22/h5,11-14,16,19,27H,2,4,6-10,15,17-18,20H2,1,3H3. The van der Waals surface area contributed by atoms with Crippen molar-refractivity contribution in [2.45, 2.75) is 64.8 Å². The highest BCUT2D eigenvalue weighted by Gasteiger charge is 2.33. The van der Waals surface area contributed by atoms with Gasteiger partial charge in [0.15, 0.2) is 0 Å². The van der Waals surface area contributed by atoms with Crippen molar-refractivity contribution in [3.8, 4) is 0 Å². The largest absolute Gasteiger partial charge is 0.330 e. The molecule has 2 aromatic rings. The van der Waals surface area contributed by atoms with Crippen LogP contribution in [0, 0.1) is 6.92 Å². The summed E-state index contributed by atoms with van der Waals surface area (Å²) >= 11 is 1.77. The van der Waals surface area contributed by atoms with Crippen LogP contribution in [0.5, 0.6) is 0 Å². The lowest BCUT2D eigenvalue weighted by molar-refractivity contribution is -0.141. The molecule has 0 fully saturated rings. The number of aryl methyl sites for hydroxylation is 1. The van der Waals surface area contributed by atoms with Crippen LogP contribution in [-0.4, -0.2) is 41.2 Å². The van der Waals surface area contributed by atoms with Crippen LogP contribution in [-0.2, 0) is 16.0 Å². The maximum absolute atomic E-state index is 13.5. The van der Waals surface area contributed by atoms with Crippen LogP contribution in [0.2, 0.25) is 0 Å². The predicted molar refractivity (Wildman–Crippen MR) is 133 cm³/mol. The van der Waals surface area contributed by atoms with Crippen molar-refractivity contribution in [3.63, 3.8) is 0 Å². The minimum Gasteiger partial charge on any atom is -0.330 e. The molecule has 4 nitrogen and oxygen atoms in total. The molecule has 1 atom stereocenters. The van der Waals surface area contributed by atoms with Gasteiger partial charge in [0.25, 0.3) is 0 Å². The van der Waals surface area contributed by atoms with E-state index in [2.05, 4.69) is 56.1 Å². The molecule has 1 aromatic carbocycles. The Bertz CT molecular complexity index is 903. The van der Waals surface area contributed by atoms with Crippen LogP contribution in [0.4, 0.5) is 0 Å². The van der Waals surface area contributed by atoms with Gasteiger partial charge in [0.2, 0.25) is 11.8 Å². The molecule has 0 aliphatic carbocycles. The SMILES string of the molecule is C=CCN(CC(=O)N1CCc2sccc2C1c1ccc(C)cc1)C(=O)CCCCCCC. The van der Waals surface area contributed by atoms with E-state index in [0.717, 1.165) is 24.8 Å². The number of nitrogens with zero attached hydrogens (tertiary/aromatic N) is 2. The van der Waals surface area contributed by atoms with Crippen LogP contribution in [0.25, 0.3) is 0 Å². The molecule has 172 valence electrons. The number of fused-ring (bicyclic) bond motifs is 1. The topological polar surface area (TPSA) is 40.6 Å². The number of rotatable bonds is 11. The molecule has 32 heavy (non-hydrogen) atoms. The highest BCUT2D eigenvalue weighted by molar-refractivity contribution is 7.10. The summed E-state index contributed by atoms with van der Waals surface area (Å²) in [6.07, 6.45) is 8.60. The lowest BCUT2D eigenvalue weighted by Crippen LogP contribution is -2.46. The molecule has 2 amide bonds. The van der Waals surface area contributed by atoms with E-state index in [4.69, 9.17) is 0 Å². The van der Waals surface area contributed by atoms with Gasteiger partial charge in [-0.05, 0) is 42.3 Å². The lowest BCUT2D eigenvalue weighted by Gasteiger charge is -2.37. The van der Waals surface area contributed by atoms with Gasteiger partial charge >= 0.3 is 0 Å². The fourth-order valence-corrected chi connectivity index (χ4v) is 5.30. The number of hydrogen-bond donors (Lipinski definition) is 0. The molecule has 3 rings (SSSR count). The average molecular weight is 453 g/mol. The summed E-state index contributed by atoms with van der Waals surface area (Å²) < 4.78 is 0. The molecule has 1 aliphatic rings. The van der Waals surface area contributed by atoms with Gasteiger partial charge in [-0.25, -0.2) is 0 Å². The van der Waals surface area contributed by atoms with Crippen molar-refractivity contribution in [1.82, 2.24) is 9.80 Å². The number of unbranched alkanes of at least 4 members (excludes halogenated alkanes) is 4. The Kier molecular flexibility index (Phi) is 9.10. The minimum absolute atomic E-state index is 0.00797. The lowest BCUT2D eigenvalue weighted by atomic mass is 9.92. The third kappa shape index (κ3) is 6.10. The Morgan fingerprint density at radius 2 is 1.91 bits per heavy atom. The number of amides is 2. The summed E-state index contributed by atoms with van der Waals surface area (Å²) in [6, 6.07) is 10.5. The maximum Gasteiger partial charge on any atom is 0.243 e. The van der Waals surface area contributed by atoms with Crippen molar-refractivity contribution in [2.75, 3.05) is 19.6 Å². The van der Waals surface area contributed by atoms with E-state index in [1.807, 2.05) is 4.90 Å². The molecule has 0 N–H and O–H groups in total. The third-order valence-corrected chi connectivity index (χ3v) is 7.20. The molecule has 1 aliphatic heterocycles. The Morgan fingerprint density at radius 1 is 1.16 bits per heavy atom. The van der Waals surface area contributed by atoms with E-state index < -0.39 is 0 Å². The number of thiophene rings is 1. The third-order valence-electron chi connectivity index (χ3n) is 6.20. The van der Waals surface area contributed by atoms with Crippen molar-refractivity contribution >= 4 is 23.2 Å². The van der Waals surface area contributed by atoms with Gasteiger partial charge in [-0.3, -0.25) is 9.59 Å². The quantitative estimate of drug-likeness (QED) is 0.314. The van der Waals surface area contributed by atoms with E-state index in [1.165, 1.54) is 35.3 Å². The van der Waals surface area contributed by atoms with Crippen LogP contribution in [0.15, 0.2) is 48.4 Å². The molecule has 1 unspecified atom stereocenters. The van der Waals surface area contributed by atoms with Crippen LogP contribution < -0.4 is 0 Å². The zero-order valence-corrected chi connectivity index (χ0v) is 20.3. The number of hydrogen-bond acceptors (Lipinski definition) is 3. The molecule has 0 saturated heterocycles.